The third-order valence-corrected chi connectivity index (χ3v) is 6.88. The zero-order chi connectivity index (χ0) is 24.2. The Kier molecular flexibility index (Phi) is 7.97. The predicted octanol–water partition coefficient (Wildman–Crippen LogP) is 6.14. The minimum absolute atomic E-state index is 0.0216. The van der Waals surface area contributed by atoms with E-state index in [0.29, 0.717) is 23.1 Å². The lowest BCUT2D eigenvalue weighted by molar-refractivity contribution is 0.0980. The first kappa shape index (κ1) is 25.0. The van der Waals surface area contributed by atoms with Crippen molar-refractivity contribution in [2.45, 2.75) is 39.0 Å². The zero-order valence-corrected chi connectivity index (χ0v) is 21.6. The number of ether oxygens (including phenoxy) is 1. The largest absolute Gasteiger partial charge is 0.493 e. The first-order chi connectivity index (χ1) is 15.6. The van der Waals surface area contributed by atoms with Crippen molar-refractivity contribution in [3.63, 3.8) is 0 Å². The number of halogens is 1. The lowest BCUT2D eigenvalue weighted by Gasteiger charge is -2.16. The summed E-state index contributed by atoms with van der Waals surface area (Å²) in [7, 11) is -4.01. The molecule has 0 aromatic heterocycles. The Morgan fingerprint density at radius 1 is 1.06 bits per heavy atom. The summed E-state index contributed by atoms with van der Waals surface area (Å²) < 4.78 is 34.2. The van der Waals surface area contributed by atoms with E-state index in [4.69, 9.17) is 4.74 Å². The summed E-state index contributed by atoms with van der Waals surface area (Å²) in [6, 6.07) is 17.7. The van der Waals surface area contributed by atoms with E-state index >= 15 is 0 Å². The molecule has 0 radical (unpaired) electrons. The van der Waals surface area contributed by atoms with Crippen molar-refractivity contribution < 1.29 is 17.9 Å². The molecule has 0 aliphatic carbocycles. The maximum absolute atomic E-state index is 13.1. The molecular weight excluding hydrogens is 502 g/mol. The molecule has 0 saturated carbocycles. The highest BCUT2D eigenvalue weighted by atomic mass is 79.9. The quantitative estimate of drug-likeness (QED) is 0.380. The summed E-state index contributed by atoms with van der Waals surface area (Å²) in [5.74, 6) is 0.400. The van der Waals surface area contributed by atoms with Crippen molar-refractivity contribution in [1.29, 1.82) is 0 Å². The van der Waals surface area contributed by atoms with Crippen molar-refractivity contribution in [3.05, 3.63) is 81.8 Å². The molecule has 174 valence electrons. The molecule has 0 bridgehead atoms. The summed E-state index contributed by atoms with van der Waals surface area (Å²) in [4.78, 5) is 13.1. The summed E-state index contributed by atoms with van der Waals surface area (Å²) in [6.07, 6.45) is 0.628. The van der Waals surface area contributed by atoms with Gasteiger partial charge in [0.1, 0.15) is 5.75 Å². The Morgan fingerprint density at radius 3 is 2.48 bits per heavy atom. The Hall–Kier alpha value is -2.64. The molecule has 3 aromatic rings. The van der Waals surface area contributed by atoms with Gasteiger partial charge in [-0.25, -0.2) is 13.1 Å². The van der Waals surface area contributed by atoms with Gasteiger partial charge < -0.3 is 4.74 Å². The summed E-state index contributed by atoms with van der Waals surface area (Å²) in [5, 5.41) is 0. The molecule has 0 saturated heterocycles. The molecule has 0 aliphatic rings. The van der Waals surface area contributed by atoms with Gasteiger partial charge in [0.25, 0.3) is 15.9 Å². The maximum Gasteiger partial charge on any atom is 0.265 e. The fraction of sp³-hybridized carbons (Fsp3) is 0.269. The van der Waals surface area contributed by atoms with Crippen molar-refractivity contribution in [2.75, 3.05) is 6.61 Å². The van der Waals surface area contributed by atoms with Gasteiger partial charge in [0.15, 0.2) is 0 Å². The standard InChI is InChI=1S/C26H28BrNO4S/c1-5-32-25-12-9-18(4)14-24(25)19-10-11-23(20(15-19)13-17(2)3)26(29)28-33(30,31)22-8-6-7-21(27)16-22/h6-12,14-17H,5,13H2,1-4H3,(H,28,29). The second kappa shape index (κ2) is 10.5. The highest BCUT2D eigenvalue weighted by molar-refractivity contribution is 9.10. The Balaban J connectivity index is 2.01. The van der Waals surface area contributed by atoms with Crippen LogP contribution in [0, 0.1) is 12.8 Å². The van der Waals surface area contributed by atoms with Crippen LogP contribution in [0.4, 0.5) is 0 Å². The molecule has 1 amide bonds. The normalized spacial score (nSPS) is 11.5. The monoisotopic (exact) mass is 529 g/mol. The van der Waals surface area contributed by atoms with E-state index in [9.17, 15) is 13.2 Å². The van der Waals surface area contributed by atoms with E-state index in [0.717, 1.165) is 28.0 Å². The molecule has 3 aromatic carbocycles. The molecule has 1 N–H and O–H groups in total. The van der Waals surface area contributed by atoms with Gasteiger partial charge in [-0.05, 0) is 73.7 Å². The minimum atomic E-state index is -4.01. The van der Waals surface area contributed by atoms with Gasteiger partial charge in [-0.3, -0.25) is 4.79 Å². The molecule has 5 nitrogen and oxygen atoms in total. The van der Waals surface area contributed by atoms with Crippen molar-refractivity contribution in [1.82, 2.24) is 4.72 Å². The molecule has 0 fully saturated rings. The van der Waals surface area contributed by atoms with Crippen LogP contribution < -0.4 is 9.46 Å². The third kappa shape index (κ3) is 6.24. The molecule has 0 aliphatic heterocycles. The van der Waals surface area contributed by atoms with E-state index in [1.165, 1.54) is 12.1 Å². The van der Waals surface area contributed by atoms with Crippen LogP contribution in [0.5, 0.6) is 5.75 Å². The number of hydrogen-bond donors (Lipinski definition) is 1. The van der Waals surface area contributed by atoms with Gasteiger partial charge in [-0.1, -0.05) is 59.6 Å². The number of carbonyl (C=O) groups excluding carboxylic acids is 1. The number of aryl methyl sites for hydroxylation is 1. The molecule has 7 heteroatoms. The topological polar surface area (TPSA) is 72.5 Å². The van der Waals surface area contributed by atoms with Crippen LogP contribution in [-0.2, 0) is 16.4 Å². The van der Waals surface area contributed by atoms with Crippen LogP contribution in [0.25, 0.3) is 11.1 Å². The van der Waals surface area contributed by atoms with Gasteiger partial charge in [0.2, 0.25) is 0 Å². The van der Waals surface area contributed by atoms with Crippen LogP contribution in [0.15, 0.2) is 70.0 Å². The fourth-order valence-corrected chi connectivity index (χ4v) is 5.17. The first-order valence-electron chi connectivity index (χ1n) is 10.8. The Labute approximate surface area is 204 Å². The van der Waals surface area contributed by atoms with Crippen LogP contribution in [0.2, 0.25) is 0 Å². The van der Waals surface area contributed by atoms with Gasteiger partial charge in [-0.2, -0.15) is 0 Å². The summed E-state index contributed by atoms with van der Waals surface area (Å²) in [5.41, 5.74) is 4.09. The van der Waals surface area contributed by atoms with E-state index in [-0.39, 0.29) is 10.8 Å². The minimum Gasteiger partial charge on any atom is -0.493 e. The second-order valence-electron chi connectivity index (χ2n) is 8.29. The van der Waals surface area contributed by atoms with Crippen LogP contribution in [0.3, 0.4) is 0 Å². The third-order valence-electron chi connectivity index (χ3n) is 5.06. The predicted molar refractivity (Wildman–Crippen MR) is 135 cm³/mol. The van der Waals surface area contributed by atoms with Crippen molar-refractivity contribution in [2.24, 2.45) is 5.92 Å². The summed E-state index contributed by atoms with van der Waals surface area (Å²) >= 11 is 3.27. The number of nitrogens with one attached hydrogen (secondary N) is 1. The number of hydrogen-bond acceptors (Lipinski definition) is 4. The van der Waals surface area contributed by atoms with E-state index in [2.05, 4.69) is 40.6 Å². The molecule has 3 rings (SSSR count). The van der Waals surface area contributed by atoms with Gasteiger partial charge in [0.05, 0.1) is 11.5 Å². The van der Waals surface area contributed by atoms with Gasteiger partial charge >= 0.3 is 0 Å². The number of sulfonamides is 1. The number of benzene rings is 3. The average molecular weight is 530 g/mol. The van der Waals surface area contributed by atoms with E-state index in [1.54, 1.807) is 18.2 Å². The van der Waals surface area contributed by atoms with Crippen LogP contribution in [-0.4, -0.2) is 20.9 Å². The van der Waals surface area contributed by atoms with E-state index in [1.807, 2.05) is 38.1 Å². The molecule has 0 spiro atoms. The van der Waals surface area contributed by atoms with Crippen LogP contribution in [0.1, 0.15) is 42.3 Å². The first-order valence-corrected chi connectivity index (χ1v) is 13.1. The Morgan fingerprint density at radius 2 is 1.82 bits per heavy atom. The fourth-order valence-electron chi connectivity index (χ4n) is 3.61. The highest BCUT2D eigenvalue weighted by Crippen LogP contribution is 2.33. The van der Waals surface area contributed by atoms with Crippen LogP contribution >= 0.6 is 15.9 Å². The number of amides is 1. The molecule has 0 atom stereocenters. The highest BCUT2D eigenvalue weighted by Gasteiger charge is 2.22. The maximum atomic E-state index is 13.1. The van der Waals surface area contributed by atoms with Crippen molar-refractivity contribution in [3.8, 4) is 16.9 Å². The lowest BCUT2D eigenvalue weighted by atomic mass is 9.92. The molecule has 0 heterocycles. The SMILES string of the molecule is CCOc1ccc(C)cc1-c1ccc(C(=O)NS(=O)(=O)c2cccc(Br)c2)c(CC(C)C)c1. The summed E-state index contributed by atoms with van der Waals surface area (Å²) in [6.45, 7) is 8.62. The molecule has 0 unspecified atom stereocenters. The van der Waals surface area contributed by atoms with E-state index < -0.39 is 15.9 Å². The molecule has 33 heavy (non-hydrogen) atoms. The molecular formula is C26H28BrNO4S. The van der Waals surface area contributed by atoms with Gasteiger partial charge in [-0.15, -0.1) is 0 Å². The number of carbonyl (C=O) groups is 1. The smallest absolute Gasteiger partial charge is 0.265 e. The lowest BCUT2D eigenvalue weighted by Crippen LogP contribution is -2.31. The zero-order valence-electron chi connectivity index (χ0n) is 19.2. The Bertz CT molecular complexity index is 1270. The van der Waals surface area contributed by atoms with Gasteiger partial charge in [0, 0.05) is 15.6 Å². The number of rotatable bonds is 8. The van der Waals surface area contributed by atoms with Crippen molar-refractivity contribution >= 4 is 31.9 Å². The average Bonchev–Trinajstić information content (AvgIpc) is 2.74. The second-order valence-corrected chi connectivity index (χ2v) is 10.9.